The standard InChI is InChI=1S/C17H17ClN2O/c1-11-9-13-5-8-15(21-2)10-16(13)17(20-19-11)12-3-6-14(18)7-4-12/h3-8,10-11,19H,9H2,1-2H3. The summed E-state index contributed by atoms with van der Waals surface area (Å²) in [6.07, 6.45) is 0.930. The van der Waals surface area contributed by atoms with Crippen molar-refractivity contribution >= 4 is 17.3 Å². The second-order valence-corrected chi connectivity index (χ2v) is 5.66. The van der Waals surface area contributed by atoms with E-state index in [9.17, 15) is 0 Å². The topological polar surface area (TPSA) is 33.6 Å². The zero-order valence-corrected chi connectivity index (χ0v) is 12.8. The summed E-state index contributed by atoms with van der Waals surface area (Å²) < 4.78 is 5.35. The number of fused-ring (bicyclic) bond motifs is 1. The van der Waals surface area contributed by atoms with Crippen LogP contribution in [0, 0.1) is 0 Å². The summed E-state index contributed by atoms with van der Waals surface area (Å²) in [7, 11) is 1.68. The number of nitrogens with zero attached hydrogens (tertiary/aromatic N) is 1. The molecule has 0 amide bonds. The molecule has 0 aliphatic carbocycles. The van der Waals surface area contributed by atoms with E-state index in [1.165, 1.54) is 5.56 Å². The molecule has 0 saturated heterocycles. The van der Waals surface area contributed by atoms with Gasteiger partial charge >= 0.3 is 0 Å². The van der Waals surface area contributed by atoms with Crippen LogP contribution in [0.25, 0.3) is 0 Å². The number of benzene rings is 2. The number of hydrazone groups is 1. The molecular weight excluding hydrogens is 284 g/mol. The molecule has 1 unspecified atom stereocenters. The highest BCUT2D eigenvalue weighted by atomic mass is 35.5. The van der Waals surface area contributed by atoms with Gasteiger partial charge in [-0.2, -0.15) is 5.10 Å². The molecule has 1 aliphatic heterocycles. The van der Waals surface area contributed by atoms with Crippen molar-refractivity contribution < 1.29 is 4.74 Å². The van der Waals surface area contributed by atoms with Crippen molar-refractivity contribution in [3.8, 4) is 5.75 Å². The zero-order valence-electron chi connectivity index (χ0n) is 12.1. The number of ether oxygens (including phenoxy) is 1. The van der Waals surface area contributed by atoms with Gasteiger partial charge in [0.15, 0.2) is 0 Å². The Bertz CT molecular complexity index is 680. The van der Waals surface area contributed by atoms with Gasteiger partial charge in [0.2, 0.25) is 0 Å². The van der Waals surface area contributed by atoms with E-state index >= 15 is 0 Å². The van der Waals surface area contributed by atoms with Gasteiger partial charge in [0, 0.05) is 22.2 Å². The van der Waals surface area contributed by atoms with Crippen LogP contribution in [0.1, 0.15) is 23.6 Å². The second kappa shape index (κ2) is 5.78. The lowest BCUT2D eigenvalue weighted by molar-refractivity contribution is 0.414. The molecule has 0 bridgehead atoms. The monoisotopic (exact) mass is 300 g/mol. The highest BCUT2D eigenvalue weighted by Gasteiger charge is 2.18. The molecule has 1 heterocycles. The van der Waals surface area contributed by atoms with E-state index in [1.54, 1.807) is 7.11 Å². The molecule has 0 radical (unpaired) electrons. The van der Waals surface area contributed by atoms with Gasteiger partial charge in [-0.3, -0.25) is 0 Å². The first-order valence-electron chi connectivity index (χ1n) is 6.94. The van der Waals surface area contributed by atoms with Crippen LogP contribution < -0.4 is 10.2 Å². The number of methoxy groups -OCH3 is 1. The minimum absolute atomic E-state index is 0.293. The van der Waals surface area contributed by atoms with Crippen LogP contribution in [-0.4, -0.2) is 18.9 Å². The molecular formula is C17H17ClN2O. The van der Waals surface area contributed by atoms with E-state index in [0.29, 0.717) is 6.04 Å². The van der Waals surface area contributed by atoms with Crippen LogP contribution in [0.4, 0.5) is 0 Å². The molecule has 1 N–H and O–H groups in total. The van der Waals surface area contributed by atoms with Crippen molar-refractivity contribution in [3.63, 3.8) is 0 Å². The summed E-state index contributed by atoms with van der Waals surface area (Å²) >= 11 is 5.98. The van der Waals surface area contributed by atoms with Crippen LogP contribution in [0.5, 0.6) is 5.75 Å². The lowest BCUT2D eigenvalue weighted by Crippen LogP contribution is -2.21. The first kappa shape index (κ1) is 14.0. The summed E-state index contributed by atoms with van der Waals surface area (Å²) in [6, 6.07) is 14.2. The SMILES string of the molecule is COc1ccc2c(c1)C(c1ccc(Cl)cc1)=NNC(C)C2. The largest absolute Gasteiger partial charge is 0.497 e. The number of nitrogens with one attached hydrogen (secondary N) is 1. The van der Waals surface area contributed by atoms with Gasteiger partial charge in [-0.15, -0.1) is 0 Å². The molecule has 21 heavy (non-hydrogen) atoms. The number of hydrogen-bond donors (Lipinski definition) is 1. The summed E-state index contributed by atoms with van der Waals surface area (Å²) in [5.41, 5.74) is 7.54. The fourth-order valence-corrected chi connectivity index (χ4v) is 2.65. The van der Waals surface area contributed by atoms with Gasteiger partial charge in [-0.05, 0) is 43.2 Å². The van der Waals surface area contributed by atoms with Crippen LogP contribution in [-0.2, 0) is 6.42 Å². The summed E-state index contributed by atoms with van der Waals surface area (Å²) in [5.74, 6) is 0.838. The normalized spacial score (nSPS) is 17.3. The van der Waals surface area contributed by atoms with Crippen molar-refractivity contribution in [3.05, 3.63) is 64.2 Å². The number of halogens is 1. The van der Waals surface area contributed by atoms with Gasteiger partial charge in [-0.25, -0.2) is 0 Å². The number of hydrogen-bond acceptors (Lipinski definition) is 3. The fourth-order valence-electron chi connectivity index (χ4n) is 2.52. The Morgan fingerprint density at radius 1 is 1.19 bits per heavy atom. The first-order valence-corrected chi connectivity index (χ1v) is 7.31. The van der Waals surface area contributed by atoms with Crippen LogP contribution in [0.15, 0.2) is 47.6 Å². The summed E-state index contributed by atoms with van der Waals surface area (Å²) in [6.45, 7) is 2.13. The van der Waals surface area contributed by atoms with Crippen LogP contribution in [0.2, 0.25) is 5.02 Å². The Labute approximate surface area is 129 Å². The molecule has 0 spiro atoms. The van der Waals surface area contributed by atoms with Crippen LogP contribution in [0.3, 0.4) is 0 Å². The van der Waals surface area contributed by atoms with E-state index < -0.39 is 0 Å². The molecule has 108 valence electrons. The van der Waals surface area contributed by atoms with Gasteiger partial charge in [0.05, 0.1) is 12.8 Å². The molecule has 0 fully saturated rings. The van der Waals surface area contributed by atoms with Gasteiger partial charge in [0.1, 0.15) is 5.75 Å². The van der Waals surface area contributed by atoms with Gasteiger partial charge < -0.3 is 10.2 Å². The Morgan fingerprint density at radius 3 is 2.67 bits per heavy atom. The lowest BCUT2D eigenvalue weighted by atomic mass is 9.94. The van der Waals surface area contributed by atoms with Crippen molar-refractivity contribution in [1.29, 1.82) is 0 Å². The van der Waals surface area contributed by atoms with Crippen molar-refractivity contribution in [2.75, 3.05) is 7.11 Å². The minimum Gasteiger partial charge on any atom is -0.497 e. The third-order valence-corrected chi connectivity index (χ3v) is 3.86. The minimum atomic E-state index is 0.293. The Kier molecular flexibility index (Phi) is 3.84. The molecule has 0 aromatic heterocycles. The molecule has 4 heteroatoms. The maximum Gasteiger partial charge on any atom is 0.119 e. The molecule has 2 aromatic rings. The lowest BCUT2D eigenvalue weighted by Gasteiger charge is -2.11. The zero-order chi connectivity index (χ0) is 14.8. The van der Waals surface area contributed by atoms with E-state index in [-0.39, 0.29) is 0 Å². The van der Waals surface area contributed by atoms with Crippen molar-refractivity contribution in [1.82, 2.24) is 5.43 Å². The van der Waals surface area contributed by atoms with E-state index in [2.05, 4.69) is 23.5 Å². The molecule has 3 nitrogen and oxygen atoms in total. The van der Waals surface area contributed by atoms with E-state index in [4.69, 9.17) is 16.3 Å². The highest BCUT2D eigenvalue weighted by molar-refractivity contribution is 6.30. The predicted octanol–water partition coefficient (Wildman–Crippen LogP) is 3.64. The Morgan fingerprint density at radius 2 is 1.95 bits per heavy atom. The highest BCUT2D eigenvalue weighted by Crippen LogP contribution is 2.25. The smallest absolute Gasteiger partial charge is 0.119 e. The van der Waals surface area contributed by atoms with Crippen molar-refractivity contribution in [2.45, 2.75) is 19.4 Å². The van der Waals surface area contributed by atoms with Crippen LogP contribution >= 0.6 is 11.6 Å². The van der Waals surface area contributed by atoms with Gasteiger partial charge in [-0.1, -0.05) is 29.8 Å². The van der Waals surface area contributed by atoms with Crippen molar-refractivity contribution in [2.24, 2.45) is 5.10 Å². The van der Waals surface area contributed by atoms with E-state index in [0.717, 1.165) is 34.0 Å². The average Bonchev–Trinajstić information content (AvgIpc) is 2.66. The maximum atomic E-state index is 5.98. The summed E-state index contributed by atoms with van der Waals surface area (Å²) in [5, 5.41) is 5.31. The maximum absolute atomic E-state index is 5.98. The predicted molar refractivity (Wildman–Crippen MR) is 86.4 cm³/mol. The summed E-state index contributed by atoms with van der Waals surface area (Å²) in [4.78, 5) is 0. The number of rotatable bonds is 2. The Balaban J connectivity index is 2.13. The molecule has 1 aliphatic rings. The Hall–Kier alpha value is -2.00. The van der Waals surface area contributed by atoms with E-state index in [1.807, 2.05) is 36.4 Å². The molecule has 1 atom stereocenters. The van der Waals surface area contributed by atoms with Gasteiger partial charge in [0.25, 0.3) is 0 Å². The third-order valence-electron chi connectivity index (χ3n) is 3.61. The molecule has 0 saturated carbocycles. The molecule has 3 rings (SSSR count). The molecule has 2 aromatic carbocycles. The quantitative estimate of drug-likeness (QED) is 0.919. The fraction of sp³-hybridized carbons (Fsp3) is 0.235. The first-order chi connectivity index (χ1) is 10.2. The average molecular weight is 301 g/mol. The third kappa shape index (κ3) is 2.88. The second-order valence-electron chi connectivity index (χ2n) is 5.22.